The number of nitrogens with zero attached hydrogens (tertiary/aromatic N) is 1. The molecule has 0 aliphatic heterocycles. The summed E-state index contributed by atoms with van der Waals surface area (Å²) in [6.45, 7) is 9.44. The molecule has 5 heteroatoms. The van der Waals surface area contributed by atoms with Crippen molar-refractivity contribution in [2.24, 2.45) is 0 Å². The molecule has 156 valence electrons. The van der Waals surface area contributed by atoms with Crippen molar-refractivity contribution in [2.45, 2.75) is 53.1 Å². The quantitative estimate of drug-likeness (QED) is 0.611. The third-order valence-corrected chi connectivity index (χ3v) is 4.68. The molecule has 1 N–H and O–H groups in total. The number of carbonyl (C=O) groups excluding carboxylic acids is 2. The highest BCUT2D eigenvalue weighted by atomic mass is 16.5. The second-order valence-corrected chi connectivity index (χ2v) is 7.14. The fourth-order valence-corrected chi connectivity index (χ4v) is 3.15. The zero-order valence-corrected chi connectivity index (χ0v) is 17.9. The lowest BCUT2D eigenvalue weighted by Gasteiger charge is -2.22. The van der Waals surface area contributed by atoms with Crippen molar-refractivity contribution in [1.29, 1.82) is 0 Å². The molecule has 1 atom stereocenters. The van der Waals surface area contributed by atoms with Crippen LogP contribution < -0.4 is 10.1 Å². The number of nitrogens with one attached hydrogen (secondary N) is 1. The molecule has 2 aromatic rings. The van der Waals surface area contributed by atoms with Gasteiger partial charge in [0.1, 0.15) is 5.75 Å². The van der Waals surface area contributed by atoms with Gasteiger partial charge in [0.2, 0.25) is 0 Å². The highest BCUT2D eigenvalue weighted by molar-refractivity contribution is 5.98. The molecule has 0 radical (unpaired) electrons. The molecule has 0 aromatic heterocycles. The summed E-state index contributed by atoms with van der Waals surface area (Å²) in [5.41, 5.74) is 2.16. The van der Waals surface area contributed by atoms with Crippen LogP contribution >= 0.6 is 0 Å². The van der Waals surface area contributed by atoms with Gasteiger partial charge in [0, 0.05) is 24.3 Å². The van der Waals surface area contributed by atoms with Crippen molar-refractivity contribution in [2.75, 3.05) is 18.4 Å². The average Bonchev–Trinajstić information content (AvgIpc) is 2.72. The minimum atomic E-state index is -0.605. The molecule has 0 saturated carbocycles. The first-order valence-electron chi connectivity index (χ1n) is 10.4. The van der Waals surface area contributed by atoms with Gasteiger partial charge in [-0.2, -0.15) is 0 Å². The number of hydrogen-bond donors (Lipinski definition) is 1. The monoisotopic (exact) mass is 396 g/mol. The number of benzene rings is 2. The van der Waals surface area contributed by atoms with Crippen molar-refractivity contribution in [3.8, 4) is 5.75 Å². The Labute approximate surface area is 174 Å². The second-order valence-electron chi connectivity index (χ2n) is 7.14. The highest BCUT2D eigenvalue weighted by Gasteiger charge is 2.20. The molecule has 0 bridgehead atoms. The zero-order valence-electron chi connectivity index (χ0n) is 17.9. The van der Waals surface area contributed by atoms with E-state index in [1.807, 2.05) is 43.0 Å². The van der Waals surface area contributed by atoms with Gasteiger partial charge in [0.15, 0.2) is 6.10 Å². The number of ether oxygens (including phenoxy) is 1. The Bertz CT molecular complexity index is 813. The minimum Gasteiger partial charge on any atom is -0.480 e. The Kier molecular flexibility index (Phi) is 8.71. The van der Waals surface area contributed by atoms with Gasteiger partial charge in [-0.1, -0.05) is 45.0 Å². The van der Waals surface area contributed by atoms with Crippen LogP contribution in [0.25, 0.3) is 0 Å². The summed E-state index contributed by atoms with van der Waals surface area (Å²) in [7, 11) is 0. The minimum absolute atomic E-state index is 0.00648. The lowest BCUT2D eigenvalue weighted by molar-refractivity contribution is -0.122. The van der Waals surface area contributed by atoms with Crippen molar-refractivity contribution >= 4 is 17.5 Å². The molecular formula is C24H32N2O3. The van der Waals surface area contributed by atoms with E-state index in [0.717, 1.165) is 31.5 Å². The van der Waals surface area contributed by atoms with Crippen LogP contribution in [0, 0.1) is 6.92 Å². The fraction of sp³-hybridized carbons (Fsp3) is 0.417. The molecule has 0 heterocycles. The van der Waals surface area contributed by atoms with Gasteiger partial charge >= 0.3 is 0 Å². The van der Waals surface area contributed by atoms with Crippen molar-refractivity contribution < 1.29 is 14.3 Å². The Morgan fingerprint density at radius 2 is 1.69 bits per heavy atom. The standard InChI is InChI=1S/C24H32N2O3/c1-5-15-26(16-6-2)24(28)19-12-10-13-20(17-19)25-23(27)21(7-3)29-22-14-9-8-11-18(22)4/h8-14,17,21H,5-7,15-16H2,1-4H3,(H,25,27). The van der Waals surface area contributed by atoms with Gasteiger partial charge in [-0.25, -0.2) is 0 Å². The molecule has 2 rings (SSSR count). The third-order valence-electron chi connectivity index (χ3n) is 4.68. The van der Waals surface area contributed by atoms with Crippen LogP contribution in [-0.4, -0.2) is 35.9 Å². The Hall–Kier alpha value is -2.82. The summed E-state index contributed by atoms with van der Waals surface area (Å²) in [5, 5.41) is 2.90. The SMILES string of the molecule is CCCN(CCC)C(=O)c1cccc(NC(=O)C(CC)Oc2ccccc2C)c1. The molecule has 0 fully saturated rings. The van der Waals surface area contributed by atoms with E-state index in [-0.39, 0.29) is 11.8 Å². The number of rotatable bonds is 10. The number of hydrogen-bond acceptors (Lipinski definition) is 3. The first-order chi connectivity index (χ1) is 14.0. The summed E-state index contributed by atoms with van der Waals surface area (Å²) in [6, 6.07) is 14.7. The van der Waals surface area contributed by atoms with E-state index in [1.165, 1.54) is 0 Å². The molecule has 0 aliphatic carbocycles. The van der Waals surface area contributed by atoms with E-state index in [0.29, 0.717) is 23.4 Å². The third kappa shape index (κ3) is 6.34. The van der Waals surface area contributed by atoms with Crippen molar-refractivity contribution in [3.05, 3.63) is 59.7 Å². The van der Waals surface area contributed by atoms with Crippen LogP contribution in [0.2, 0.25) is 0 Å². The van der Waals surface area contributed by atoms with Gasteiger partial charge in [-0.05, 0) is 56.0 Å². The molecule has 5 nitrogen and oxygen atoms in total. The first kappa shape index (κ1) is 22.5. The fourth-order valence-electron chi connectivity index (χ4n) is 3.15. The van der Waals surface area contributed by atoms with E-state index in [4.69, 9.17) is 4.74 Å². The predicted octanol–water partition coefficient (Wildman–Crippen LogP) is 5.05. The summed E-state index contributed by atoms with van der Waals surface area (Å²) in [4.78, 5) is 27.4. The highest BCUT2D eigenvalue weighted by Crippen LogP contribution is 2.20. The van der Waals surface area contributed by atoms with E-state index < -0.39 is 6.10 Å². The van der Waals surface area contributed by atoms with Gasteiger partial charge in [-0.3, -0.25) is 9.59 Å². The number of carbonyl (C=O) groups is 2. The molecule has 0 saturated heterocycles. The summed E-state index contributed by atoms with van der Waals surface area (Å²) in [6.07, 6.45) is 1.76. The Morgan fingerprint density at radius 1 is 1.00 bits per heavy atom. The smallest absolute Gasteiger partial charge is 0.265 e. The zero-order chi connectivity index (χ0) is 21.2. The first-order valence-corrected chi connectivity index (χ1v) is 10.4. The number of para-hydroxylation sites is 1. The molecule has 0 spiro atoms. The van der Waals surface area contributed by atoms with Crippen LogP contribution in [0.1, 0.15) is 56.0 Å². The summed E-state index contributed by atoms with van der Waals surface area (Å²) >= 11 is 0. The lowest BCUT2D eigenvalue weighted by Crippen LogP contribution is -2.33. The molecule has 29 heavy (non-hydrogen) atoms. The summed E-state index contributed by atoms with van der Waals surface area (Å²) < 4.78 is 5.92. The maximum Gasteiger partial charge on any atom is 0.265 e. The van der Waals surface area contributed by atoms with Crippen molar-refractivity contribution in [3.63, 3.8) is 0 Å². The molecule has 1 unspecified atom stereocenters. The van der Waals surface area contributed by atoms with E-state index in [9.17, 15) is 9.59 Å². The van der Waals surface area contributed by atoms with Crippen LogP contribution in [-0.2, 0) is 4.79 Å². The van der Waals surface area contributed by atoms with Gasteiger partial charge in [0.05, 0.1) is 0 Å². The second kappa shape index (κ2) is 11.2. The van der Waals surface area contributed by atoms with E-state index >= 15 is 0 Å². The number of amides is 2. The van der Waals surface area contributed by atoms with Gasteiger partial charge in [-0.15, -0.1) is 0 Å². The van der Waals surface area contributed by atoms with Gasteiger partial charge < -0.3 is 15.0 Å². The van der Waals surface area contributed by atoms with E-state index in [2.05, 4.69) is 19.2 Å². The van der Waals surface area contributed by atoms with Crippen LogP contribution in [0.3, 0.4) is 0 Å². The largest absolute Gasteiger partial charge is 0.480 e. The van der Waals surface area contributed by atoms with Crippen LogP contribution in [0.5, 0.6) is 5.75 Å². The molecular weight excluding hydrogens is 364 g/mol. The summed E-state index contributed by atoms with van der Waals surface area (Å²) in [5.74, 6) is 0.473. The average molecular weight is 397 g/mol. The maximum atomic E-state index is 12.8. The number of aryl methyl sites for hydroxylation is 1. The normalized spacial score (nSPS) is 11.6. The van der Waals surface area contributed by atoms with Crippen molar-refractivity contribution in [1.82, 2.24) is 4.90 Å². The molecule has 0 aliphatic rings. The van der Waals surface area contributed by atoms with Crippen LogP contribution in [0.4, 0.5) is 5.69 Å². The lowest BCUT2D eigenvalue weighted by atomic mass is 10.1. The topological polar surface area (TPSA) is 58.6 Å². The maximum absolute atomic E-state index is 12.8. The van der Waals surface area contributed by atoms with Gasteiger partial charge in [0.25, 0.3) is 11.8 Å². The van der Waals surface area contributed by atoms with E-state index in [1.54, 1.807) is 24.3 Å². The van der Waals surface area contributed by atoms with Crippen LogP contribution in [0.15, 0.2) is 48.5 Å². The Morgan fingerprint density at radius 3 is 2.31 bits per heavy atom. The predicted molar refractivity (Wildman–Crippen MR) is 117 cm³/mol. The number of anilines is 1. The Balaban J connectivity index is 2.10. The molecule has 2 aromatic carbocycles. The molecule has 2 amide bonds.